The van der Waals surface area contributed by atoms with Crippen molar-refractivity contribution in [3.63, 3.8) is 0 Å². The Balaban J connectivity index is 1.61. The summed E-state index contributed by atoms with van der Waals surface area (Å²) >= 11 is 12.0. The number of anilines is 1. The minimum atomic E-state index is -0.811. The minimum Gasteiger partial charge on any atom is -0.493 e. The van der Waals surface area contributed by atoms with Crippen LogP contribution in [0.4, 0.5) is 5.69 Å². The second kappa shape index (κ2) is 12.2. The van der Waals surface area contributed by atoms with Crippen LogP contribution in [0.2, 0.25) is 10.0 Å². The van der Waals surface area contributed by atoms with Crippen molar-refractivity contribution in [1.82, 2.24) is 19.6 Å². The maximum absolute atomic E-state index is 13.5. The number of nitrogens with zero attached hydrogens (tertiary/aromatic N) is 3. The molecule has 0 aliphatic rings. The van der Waals surface area contributed by atoms with Gasteiger partial charge in [-0.3, -0.25) is 14.4 Å². The number of aromatic nitrogens is 2. The van der Waals surface area contributed by atoms with Gasteiger partial charge in [-0.2, -0.15) is 0 Å². The summed E-state index contributed by atoms with van der Waals surface area (Å²) in [7, 11) is 3.93. The van der Waals surface area contributed by atoms with Crippen LogP contribution in [-0.4, -0.2) is 58.4 Å². The Hall–Kier alpha value is -4.05. The zero-order valence-electron chi connectivity index (χ0n) is 21.3. The van der Waals surface area contributed by atoms with Crippen molar-refractivity contribution in [3.8, 4) is 17.3 Å². The van der Waals surface area contributed by atoms with Gasteiger partial charge in [-0.1, -0.05) is 23.2 Å². The SMILES string of the molecule is CN(C)CCCNC(=O)c1ccc(NC(=O)c2c(O)n(-c3ccc(Cl)cc3)n(-c3ccc(Cl)cc3)c2=O)cc1. The molecule has 0 aliphatic carbocycles. The number of rotatable bonds is 9. The number of nitrogens with one attached hydrogen (secondary N) is 2. The molecule has 39 heavy (non-hydrogen) atoms. The van der Waals surface area contributed by atoms with Gasteiger partial charge >= 0.3 is 0 Å². The predicted octanol–water partition coefficient (Wildman–Crippen LogP) is 4.57. The summed E-state index contributed by atoms with van der Waals surface area (Å²) < 4.78 is 2.40. The van der Waals surface area contributed by atoms with Crippen LogP contribution >= 0.6 is 23.2 Å². The third-order valence-electron chi connectivity index (χ3n) is 5.87. The molecule has 1 aromatic heterocycles. The highest BCUT2D eigenvalue weighted by Crippen LogP contribution is 2.26. The monoisotopic (exact) mass is 567 g/mol. The molecule has 4 aromatic rings. The summed E-state index contributed by atoms with van der Waals surface area (Å²) in [6, 6.07) is 19.1. The van der Waals surface area contributed by atoms with Crippen molar-refractivity contribution in [2.75, 3.05) is 32.5 Å². The molecule has 0 radical (unpaired) electrons. The average Bonchev–Trinajstić information content (AvgIpc) is 3.17. The van der Waals surface area contributed by atoms with Crippen LogP contribution < -0.4 is 16.2 Å². The van der Waals surface area contributed by atoms with Gasteiger partial charge in [0.25, 0.3) is 17.4 Å². The topological polar surface area (TPSA) is 109 Å². The number of halogens is 2. The fourth-order valence-electron chi connectivity index (χ4n) is 3.92. The van der Waals surface area contributed by atoms with Crippen molar-refractivity contribution < 1.29 is 14.7 Å². The Morgan fingerprint density at radius 3 is 1.90 bits per heavy atom. The number of carbonyl (C=O) groups is 2. The summed E-state index contributed by atoms with van der Waals surface area (Å²) in [5, 5.41) is 17.5. The van der Waals surface area contributed by atoms with Crippen LogP contribution in [0.5, 0.6) is 5.88 Å². The standard InChI is InChI=1S/C28H27Cl2N5O4/c1-33(2)17-3-16-31-25(36)18-4-10-21(11-5-18)32-26(37)24-27(38)34(22-12-6-19(29)7-13-22)35(28(24)39)23-14-8-20(30)9-15-23/h4-15,38H,3,16-17H2,1-2H3,(H,31,36)(H,32,37). The van der Waals surface area contributed by atoms with E-state index in [1.807, 2.05) is 19.0 Å². The fourth-order valence-corrected chi connectivity index (χ4v) is 4.18. The molecule has 0 aliphatic heterocycles. The van der Waals surface area contributed by atoms with E-state index < -0.39 is 22.9 Å². The molecule has 1 heterocycles. The highest BCUT2D eigenvalue weighted by molar-refractivity contribution is 6.30. The van der Waals surface area contributed by atoms with E-state index in [1.165, 1.54) is 9.36 Å². The van der Waals surface area contributed by atoms with Crippen molar-refractivity contribution in [3.05, 3.63) is 104 Å². The molecule has 2 amide bonds. The van der Waals surface area contributed by atoms with Crippen LogP contribution in [0.1, 0.15) is 27.1 Å². The third-order valence-corrected chi connectivity index (χ3v) is 6.38. The van der Waals surface area contributed by atoms with Crippen LogP contribution in [0.15, 0.2) is 77.6 Å². The molecule has 0 bridgehead atoms. The summed E-state index contributed by atoms with van der Waals surface area (Å²) in [6.45, 7) is 1.40. The Bertz CT molecular complexity index is 1530. The first-order valence-corrected chi connectivity index (χ1v) is 12.8. The van der Waals surface area contributed by atoms with Gasteiger partial charge in [0, 0.05) is 27.8 Å². The smallest absolute Gasteiger partial charge is 0.288 e. The number of amides is 2. The largest absolute Gasteiger partial charge is 0.493 e. The molecule has 11 heteroatoms. The minimum absolute atomic E-state index is 0.227. The molecular weight excluding hydrogens is 541 g/mol. The van der Waals surface area contributed by atoms with E-state index >= 15 is 0 Å². The zero-order valence-corrected chi connectivity index (χ0v) is 22.8. The molecule has 3 N–H and O–H groups in total. The molecule has 3 aromatic carbocycles. The van der Waals surface area contributed by atoms with E-state index in [-0.39, 0.29) is 5.91 Å². The zero-order chi connectivity index (χ0) is 28.1. The summed E-state index contributed by atoms with van der Waals surface area (Å²) in [5.74, 6) is -1.59. The van der Waals surface area contributed by atoms with Crippen LogP contribution in [-0.2, 0) is 0 Å². The van der Waals surface area contributed by atoms with E-state index in [2.05, 4.69) is 10.6 Å². The van der Waals surface area contributed by atoms with Crippen molar-refractivity contribution in [2.24, 2.45) is 0 Å². The number of hydrogen-bond donors (Lipinski definition) is 3. The van der Waals surface area contributed by atoms with Crippen LogP contribution in [0.25, 0.3) is 11.4 Å². The van der Waals surface area contributed by atoms with E-state index in [9.17, 15) is 19.5 Å². The summed E-state index contributed by atoms with van der Waals surface area (Å²) in [5.41, 5.74) is 0.372. The van der Waals surface area contributed by atoms with Crippen molar-refractivity contribution in [2.45, 2.75) is 6.42 Å². The Morgan fingerprint density at radius 1 is 0.821 bits per heavy atom. The van der Waals surface area contributed by atoms with E-state index in [0.717, 1.165) is 13.0 Å². The van der Waals surface area contributed by atoms with Crippen molar-refractivity contribution in [1.29, 1.82) is 0 Å². The quantitative estimate of drug-likeness (QED) is 0.257. The summed E-state index contributed by atoms with van der Waals surface area (Å²) in [6.07, 6.45) is 0.819. The van der Waals surface area contributed by atoms with Crippen LogP contribution in [0, 0.1) is 0 Å². The average molecular weight is 568 g/mol. The van der Waals surface area contributed by atoms with Gasteiger partial charge in [0.15, 0.2) is 5.56 Å². The highest BCUT2D eigenvalue weighted by atomic mass is 35.5. The molecule has 0 unspecified atom stereocenters. The number of carbonyl (C=O) groups excluding carboxylic acids is 2. The maximum Gasteiger partial charge on any atom is 0.288 e. The third kappa shape index (κ3) is 6.51. The first-order chi connectivity index (χ1) is 18.7. The Morgan fingerprint density at radius 2 is 1.36 bits per heavy atom. The van der Waals surface area contributed by atoms with Gasteiger partial charge in [-0.15, -0.1) is 0 Å². The predicted molar refractivity (Wildman–Crippen MR) is 153 cm³/mol. The molecule has 0 spiro atoms. The lowest BCUT2D eigenvalue weighted by Crippen LogP contribution is -2.27. The lowest BCUT2D eigenvalue weighted by Gasteiger charge is -2.12. The van der Waals surface area contributed by atoms with E-state index in [1.54, 1.807) is 72.8 Å². The number of aromatic hydroxyl groups is 1. The van der Waals surface area contributed by atoms with Gasteiger partial charge in [-0.05, 0) is 99.9 Å². The number of hydrogen-bond acceptors (Lipinski definition) is 5. The molecule has 4 rings (SSSR count). The summed E-state index contributed by atoms with van der Waals surface area (Å²) in [4.78, 5) is 41.1. The molecule has 0 saturated carbocycles. The van der Waals surface area contributed by atoms with Gasteiger partial charge in [0.2, 0.25) is 5.88 Å². The van der Waals surface area contributed by atoms with Gasteiger partial charge < -0.3 is 20.6 Å². The van der Waals surface area contributed by atoms with Gasteiger partial charge in [-0.25, -0.2) is 9.36 Å². The molecule has 9 nitrogen and oxygen atoms in total. The maximum atomic E-state index is 13.5. The highest BCUT2D eigenvalue weighted by Gasteiger charge is 2.27. The molecule has 0 fully saturated rings. The number of benzene rings is 3. The Kier molecular flexibility index (Phi) is 8.75. The van der Waals surface area contributed by atoms with Crippen molar-refractivity contribution >= 4 is 40.7 Å². The normalized spacial score (nSPS) is 11.0. The molecule has 0 atom stereocenters. The first kappa shape index (κ1) is 28.0. The van der Waals surface area contributed by atoms with Gasteiger partial charge in [0.05, 0.1) is 11.4 Å². The Labute approximate surface area is 235 Å². The lowest BCUT2D eigenvalue weighted by atomic mass is 10.2. The fraction of sp³-hybridized carbons (Fsp3) is 0.179. The van der Waals surface area contributed by atoms with Gasteiger partial charge in [0.1, 0.15) is 0 Å². The van der Waals surface area contributed by atoms with E-state index in [4.69, 9.17) is 23.2 Å². The first-order valence-electron chi connectivity index (χ1n) is 12.1. The molecule has 202 valence electrons. The molecule has 0 saturated heterocycles. The van der Waals surface area contributed by atoms with Crippen LogP contribution in [0.3, 0.4) is 0 Å². The second-order valence-corrected chi connectivity index (χ2v) is 9.90. The lowest BCUT2D eigenvalue weighted by molar-refractivity contribution is 0.0951. The second-order valence-electron chi connectivity index (χ2n) is 9.02. The van der Waals surface area contributed by atoms with E-state index in [0.29, 0.717) is 39.2 Å². The molecular formula is C28H27Cl2N5O4.